The maximum atomic E-state index is 12.7. The standard InChI is InChI=1S/C17H21F3N2O2S/c18-17(19,20)12-5-7-21-15(9-12)24-13-6-8-22(10-13)16(23)11-25-14-3-1-2-4-14/h5,7,9,13-14H,1-4,6,8,10-11H2. The Morgan fingerprint density at radius 1 is 1.32 bits per heavy atom. The van der Waals surface area contributed by atoms with Gasteiger partial charge in [-0.2, -0.15) is 13.2 Å². The summed E-state index contributed by atoms with van der Waals surface area (Å²) in [6, 6.07) is 1.82. The fraction of sp³-hybridized carbons (Fsp3) is 0.647. The molecule has 1 saturated heterocycles. The van der Waals surface area contributed by atoms with E-state index in [4.69, 9.17) is 4.74 Å². The third kappa shape index (κ3) is 5.03. The number of rotatable bonds is 5. The van der Waals surface area contributed by atoms with E-state index in [1.54, 1.807) is 16.7 Å². The second-order valence-corrected chi connectivity index (χ2v) is 7.75. The Kier molecular flexibility index (Phi) is 5.76. The molecule has 138 valence electrons. The summed E-state index contributed by atoms with van der Waals surface area (Å²) < 4.78 is 43.7. The molecule has 0 spiro atoms. The van der Waals surface area contributed by atoms with Crippen molar-refractivity contribution in [2.75, 3.05) is 18.8 Å². The Labute approximate surface area is 149 Å². The SMILES string of the molecule is O=C(CSC1CCCC1)N1CCC(Oc2cc(C(F)(F)F)ccn2)C1. The molecule has 1 amide bonds. The molecule has 1 unspecified atom stereocenters. The fourth-order valence-corrected chi connectivity index (χ4v) is 4.43. The van der Waals surface area contributed by atoms with Crippen molar-refractivity contribution in [3.8, 4) is 5.88 Å². The Balaban J connectivity index is 1.48. The van der Waals surface area contributed by atoms with E-state index in [2.05, 4.69) is 4.98 Å². The predicted octanol–water partition coefficient (Wildman–Crippen LogP) is 3.76. The number of pyridine rings is 1. The number of hydrogen-bond acceptors (Lipinski definition) is 4. The average Bonchev–Trinajstić information content (AvgIpc) is 3.24. The molecule has 8 heteroatoms. The summed E-state index contributed by atoms with van der Waals surface area (Å²) in [4.78, 5) is 17.9. The predicted molar refractivity (Wildman–Crippen MR) is 89.6 cm³/mol. The minimum atomic E-state index is -4.42. The second kappa shape index (κ2) is 7.85. The highest BCUT2D eigenvalue weighted by Crippen LogP contribution is 2.31. The van der Waals surface area contributed by atoms with Gasteiger partial charge in [-0.25, -0.2) is 4.98 Å². The molecule has 0 radical (unpaired) electrons. The maximum Gasteiger partial charge on any atom is 0.416 e. The minimum absolute atomic E-state index is 0.0468. The number of likely N-dealkylation sites (tertiary alicyclic amines) is 1. The van der Waals surface area contributed by atoms with Crippen molar-refractivity contribution in [1.29, 1.82) is 0 Å². The number of alkyl halides is 3. The van der Waals surface area contributed by atoms with Gasteiger partial charge >= 0.3 is 6.18 Å². The first-order valence-corrected chi connectivity index (χ1v) is 9.56. The normalized spacial score (nSPS) is 21.7. The number of ether oxygens (including phenoxy) is 1. The van der Waals surface area contributed by atoms with E-state index in [1.807, 2.05) is 0 Å². The van der Waals surface area contributed by atoms with Crippen LogP contribution >= 0.6 is 11.8 Å². The third-order valence-corrected chi connectivity index (χ3v) is 5.95. The highest BCUT2D eigenvalue weighted by molar-refractivity contribution is 8.00. The Bertz CT molecular complexity index is 606. The number of aromatic nitrogens is 1. The summed E-state index contributed by atoms with van der Waals surface area (Å²) in [5.41, 5.74) is -0.781. The number of amides is 1. The molecule has 1 aromatic rings. The van der Waals surface area contributed by atoms with Crippen molar-refractivity contribution in [1.82, 2.24) is 9.88 Å². The van der Waals surface area contributed by atoms with Crippen LogP contribution < -0.4 is 4.74 Å². The van der Waals surface area contributed by atoms with Crippen LogP contribution in [0.1, 0.15) is 37.7 Å². The van der Waals surface area contributed by atoms with Crippen molar-refractivity contribution in [2.24, 2.45) is 0 Å². The molecule has 1 saturated carbocycles. The number of thioether (sulfide) groups is 1. The van der Waals surface area contributed by atoms with Crippen LogP contribution in [-0.4, -0.2) is 46.0 Å². The Morgan fingerprint density at radius 2 is 2.08 bits per heavy atom. The molecule has 25 heavy (non-hydrogen) atoms. The van der Waals surface area contributed by atoms with Gasteiger partial charge in [0, 0.05) is 30.5 Å². The van der Waals surface area contributed by atoms with Crippen LogP contribution in [0, 0.1) is 0 Å². The summed E-state index contributed by atoms with van der Waals surface area (Å²) in [6.07, 6.45) is 1.83. The van der Waals surface area contributed by atoms with Gasteiger partial charge in [-0.15, -0.1) is 11.8 Å². The van der Waals surface area contributed by atoms with Gasteiger partial charge < -0.3 is 9.64 Å². The van der Waals surface area contributed by atoms with Crippen LogP contribution in [0.4, 0.5) is 13.2 Å². The molecule has 2 aliphatic rings. The molecule has 2 heterocycles. The lowest BCUT2D eigenvalue weighted by atomic mass is 10.2. The number of nitrogens with zero attached hydrogens (tertiary/aromatic N) is 2. The smallest absolute Gasteiger partial charge is 0.416 e. The zero-order chi connectivity index (χ0) is 17.9. The summed E-state index contributed by atoms with van der Waals surface area (Å²) in [5.74, 6) is 0.508. The summed E-state index contributed by atoms with van der Waals surface area (Å²) in [5, 5.41) is 0.591. The molecule has 1 aromatic heterocycles. The first kappa shape index (κ1) is 18.4. The van der Waals surface area contributed by atoms with Gasteiger partial charge in [0.25, 0.3) is 0 Å². The maximum absolute atomic E-state index is 12.7. The van der Waals surface area contributed by atoms with Crippen LogP contribution in [0.15, 0.2) is 18.3 Å². The summed E-state index contributed by atoms with van der Waals surface area (Å²) in [6.45, 7) is 0.982. The highest BCUT2D eigenvalue weighted by atomic mass is 32.2. The van der Waals surface area contributed by atoms with Crippen molar-refractivity contribution in [3.63, 3.8) is 0 Å². The van der Waals surface area contributed by atoms with Gasteiger partial charge in [0.05, 0.1) is 17.9 Å². The summed E-state index contributed by atoms with van der Waals surface area (Å²) in [7, 11) is 0. The number of carbonyl (C=O) groups is 1. The van der Waals surface area contributed by atoms with Crippen LogP contribution in [0.25, 0.3) is 0 Å². The molecule has 0 bridgehead atoms. The van der Waals surface area contributed by atoms with Crippen LogP contribution in [0.5, 0.6) is 5.88 Å². The molecule has 2 fully saturated rings. The van der Waals surface area contributed by atoms with Gasteiger partial charge in [0.2, 0.25) is 11.8 Å². The van der Waals surface area contributed by atoms with Gasteiger partial charge in [0.1, 0.15) is 6.10 Å². The number of hydrogen-bond donors (Lipinski definition) is 0. The van der Waals surface area contributed by atoms with Gasteiger partial charge in [-0.3, -0.25) is 4.79 Å². The second-order valence-electron chi connectivity index (χ2n) is 6.47. The lowest BCUT2D eigenvalue weighted by Gasteiger charge is -2.18. The first-order chi connectivity index (χ1) is 11.9. The minimum Gasteiger partial charge on any atom is -0.472 e. The van der Waals surface area contributed by atoms with E-state index >= 15 is 0 Å². The molecule has 1 atom stereocenters. The third-order valence-electron chi connectivity index (χ3n) is 4.59. The van der Waals surface area contributed by atoms with E-state index in [-0.39, 0.29) is 17.9 Å². The van der Waals surface area contributed by atoms with Crippen LogP contribution in [0.3, 0.4) is 0 Å². The molecule has 0 N–H and O–H groups in total. The Morgan fingerprint density at radius 3 is 2.80 bits per heavy atom. The molecule has 4 nitrogen and oxygen atoms in total. The van der Waals surface area contributed by atoms with Crippen molar-refractivity contribution < 1.29 is 22.7 Å². The lowest BCUT2D eigenvalue weighted by molar-refractivity contribution is -0.137. The molecular formula is C17H21F3N2O2S. The molecule has 1 aliphatic carbocycles. The largest absolute Gasteiger partial charge is 0.472 e. The lowest BCUT2D eigenvalue weighted by Crippen LogP contribution is -2.32. The van der Waals surface area contributed by atoms with E-state index in [0.717, 1.165) is 18.3 Å². The average molecular weight is 374 g/mol. The molecular weight excluding hydrogens is 353 g/mol. The van der Waals surface area contributed by atoms with Crippen LogP contribution in [-0.2, 0) is 11.0 Å². The van der Waals surface area contributed by atoms with Crippen LogP contribution in [0.2, 0.25) is 0 Å². The number of carbonyl (C=O) groups excluding carboxylic acids is 1. The molecule has 0 aromatic carbocycles. The molecule has 3 rings (SSSR count). The van der Waals surface area contributed by atoms with Crippen molar-refractivity contribution >= 4 is 17.7 Å². The van der Waals surface area contributed by atoms with Gasteiger partial charge in [-0.1, -0.05) is 12.8 Å². The van der Waals surface area contributed by atoms with Gasteiger partial charge in [0.15, 0.2) is 0 Å². The van der Waals surface area contributed by atoms with Gasteiger partial charge in [-0.05, 0) is 18.9 Å². The zero-order valence-electron chi connectivity index (χ0n) is 13.8. The molecule has 1 aliphatic heterocycles. The van der Waals surface area contributed by atoms with E-state index < -0.39 is 11.7 Å². The zero-order valence-corrected chi connectivity index (χ0v) is 14.6. The highest BCUT2D eigenvalue weighted by Gasteiger charge is 2.32. The van der Waals surface area contributed by atoms with Crippen molar-refractivity contribution in [3.05, 3.63) is 23.9 Å². The van der Waals surface area contributed by atoms with E-state index in [9.17, 15) is 18.0 Å². The fourth-order valence-electron chi connectivity index (χ4n) is 3.21. The van der Waals surface area contributed by atoms with Crippen molar-refractivity contribution in [2.45, 2.75) is 49.6 Å². The van der Waals surface area contributed by atoms with E-state index in [0.29, 0.717) is 30.5 Å². The topological polar surface area (TPSA) is 42.4 Å². The first-order valence-electron chi connectivity index (χ1n) is 8.51. The van der Waals surface area contributed by atoms with E-state index in [1.165, 1.54) is 25.7 Å². The monoisotopic (exact) mass is 374 g/mol. The Hall–Kier alpha value is -1.44. The number of halogens is 3. The summed E-state index contributed by atoms with van der Waals surface area (Å²) >= 11 is 1.72. The quantitative estimate of drug-likeness (QED) is 0.787.